The predicted octanol–water partition coefficient (Wildman–Crippen LogP) is 1.80. The molecule has 6 nitrogen and oxygen atoms in total. The Morgan fingerprint density at radius 3 is 2.42 bits per heavy atom. The van der Waals surface area contributed by atoms with Gasteiger partial charge in [0.15, 0.2) is 6.61 Å². The zero-order chi connectivity index (χ0) is 17.7. The van der Waals surface area contributed by atoms with Crippen molar-refractivity contribution < 1.29 is 32.6 Å². The molecule has 1 saturated heterocycles. The quantitative estimate of drug-likeness (QED) is 0.811. The fourth-order valence-corrected chi connectivity index (χ4v) is 2.59. The fraction of sp³-hybridized carbons (Fsp3) is 0.467. The molecule has 0 atom stereocenters. The van der Waals surface area contributed by atoms with Crippen LogP contribution in [0.3, 0.4) is 0 Å². The Balaban J connectivity index is 0.000000256. The molecule has 0 spiro atoms. The van der Waals surface area contributed by atoms with Crippen LogP contribution in [0.1, 0.15) is 12.8 Å². The molecule has 2 aliphatic rings. The highest BCUT2D eigenvalue weighted by atomic mass is 19.4. The predicted molar refractivity (Wildman–Crippen MR) is 79.0 cm³/mol. The summed E-state index contributed by atoms with van der Waals surface area (Å²) in [6, 6.07) is 8.10. The van der Waals surface area contributed by atoms with Gasteiger partial charge in [-0.15, -0.1) is 0 Å². The molecule has 2 N–H and O–H groups in total. The lowest BCUT2D eigenvalue weighted by Gasteiger charge is -2.37. The second kappa shape index (κ2) is 7.52. The number of hydrogen-bond donors (Lipinski definition) is 2. The van der Waals surface area contributed by atoms with E-state index in [1.807, 2.05) is 29.2 Å². The summed E-state index contributed by atoms with van der Waals surface area (Å²) < 4.78 is 37.2. The van der Waals surface area contributed by atoms with Gasteiger partial charge in [0.05, 0.1) is 5.69 Å². The number of alkyl halides is 3. The molecule has 132 valence electrons. The Morgan fingerprint density at radius 2 is 1.83 bits per heavy atom. The average molecular weight is 346 g/mol. The lowest BCUT2D eigenvalue weighted by Crippen LogP contribution is -2.49. The number of carboxylic acid groups (broad SMARTS) is 1. The molecule has 2 aliphatic heterocycles. The lowest BCUT2D eigenvalue weighted by molar-refractivity contribution is -0.192. The minimum absolute atomic E-state index is 0.0793. The summed E-state index contributed by atoms with van der Waals surface area (Å²) in [5, 5.41) is 10.4. The maximum Gasteiger partial charge on any atom is 0.490 e. The highest BCUT2D eigenvalue weighted by Gasteiger charge is 2.38. The number of halogens is 3. The van der Waals surface area contributed by atoms with Crippen LogP contribution in [-0.4, -0.2) is 48.9 Å². The molecule has 1 aromatic rings. The zero-order valence-corrected chi connectivity index (χ0v) is 12.7. The van der Waals surface area contributed by atoms with Gasteiger partial charge >= 0.3 is 12.1 Å². The number of carbonyl (C=O) groups excluding carboxylic acids is 1. The van der Waals surface area contributed by atoms with Gasteiger partial charge < -0.3 is 20.1 Å². The van der Waals surface area contributed by atoms with Gasteiger partial charge in [-0.2, -0.15) is 13.2 Å². The number of ether oxygens (including phenoxy) is 1. The van der Waals surface area contributed by atoms with Crippen molar-refractivity contribution in [1.82, 2.24) is 5.32 Å². The van der Waals surface area contributed by atoms with Crippen molar-refractivity contribution in [3.63, 3.8) is 0 Å². The number of anilines is 1. The van der Waals surface area contributed by atoms with Crippen LogP contribution < -0.4 is 15.0 Å². The molecule has 0 aliphatic carbocycles. The summed E-state index contributed by atoms with van der Waals surface area (Å²) in [6.45, 7) is 2.13. The number of benzene rings is 1. The van der Waals surface area contributed by atoms with Crippen molar-refractivity contribution >= 4 is 17.6 Å². The van der Waals surface area contributed by atoms with Crippen LogP contribution >= 0.6 is 0 Å². The topological polar surface area (TPSA) is 78.9 Å². The third-order valence-corrected chi connectivity index (χ3v) is 3.66. The van der Waals surface area contributed by atoms with E-state index in [9.17, 15) is 18.0 Å². The monoisotopic (exact) mass is 346 g/mol. The number of carbonyl (C=O) groups is 2. The average Bonchev–Trinajstić information content (AvgIpc) is 2.55. The van der Waals surface area contributed by atoms with Crippen LogP contribution in [0.2, 0.25) is 0 Å². The molecule has 2 heterocycles. The molecule has 0 bridgehead atoms. The smallest absolute Gasteiger partial charge is 0.482 e. The summed E-state index contributed by atoms with van der Waals surface area (Å²) in [5.74, 6) is -1.85. The third-order valence-electron chi connectivity index (χ3n) is 3.66. The number of aliphatic carboxylic acids is 1. The van der Waals surface area contributed by atoms with Crippen LogP contribution in [-0.2, 0) is 9.59 Å². The van der Waals surface area contributed by atoms with Crippen molar-refractivity contribution in [3.05, 3.63) is 24.3 Å². The first-order valence-corrected chi connectivity index (χ1v) is 7.35. The minimum Gasteiger partial charge on any atom is -0.482 e. The van der Waals surface area contributed by atoms with Crippen LogP contribution in [0.4, 0.5) is 18.9 Å². The maximum absolute atomic E-state index is 12.0. The molecule has 1 fully saturated rings. The summed E-state index contributed by atoms with van der Waals surface area (Å²) in [6.07, 6.45) is -3.06. The second-order valence-electron chi connectivity index (χ2n) is 5.30. The maximum atomic E-state index is 12.0. The van der Waals surface area contributed by atoms with Gasteiger partial charge in [-0.25, -0.2) is 4.79 Å². The van der Waals surface area contributed by atoms with Crippen molar-refractivity contribution in [2.45, 2.75) is 25.1 Å². The van der Waals surface area contributed by atoms with Crippen molar-refractivity contribution in [1.29, 1.82) is 0 Å². The normalized spacial score (nSPS) is 18.1. The van der Waals surface area contributed by atoms with Crippen LogP contribution in [0.25, 0.3) is 0 Å². The largest absolute Gasteiger partial charge is 0.490 e. The van der Waals surface area contributed by atoms with Crippen molar-refractivity contribution in [2.75, 3.05) is 24.6 Å². The molecular formula is C15H17F3N2O4. The Kier molecular flexibility index (Phi) is 5.66. The Labute approximate surface area is 136 Å². The molecule has 1 aromatic carbocycles. The van der Waals surface area contributed by atoms with Crippen LogP contribution in [0.15, 0.2) is 24.3 Å². The number of para-hydroxylation sites is 2. The van der Waals surface area contributed by atoms with E-state index >= 15 is 0 Å². The first-order valence-electron chi connectivity index (χ1n) is 7.35. The SMILES string of the molecule is O=C(O)C(F)(F)F.O=C1COc2ccccc2N1C1CCNCC1. The standard InChI is InChI=1S/C13H16N2O2.C2HF3O2/c16-13-9-17-12-4-2-1-3-11(12)15(13)10-5-7-14-8-6-10;3-2(4,5)1(6)7/h1-4,10,14H,5-9H2;(H,6,7). The van der Waals surface area contributed by atoms with Gasteiger partial charge in [-0.1, -0.05) is 12.1 Å². The number of piperidine rings is 1. The number of rotatable bonds is 1. The molecule has 0 aromatic heterocycles. The van der Waals surface area contributed by atoms with Gasteiger partial charge in [0.25, 0.3) is 5.91 Å². The van der Waals surface area contributed by atoms with Gasteiger partial charge in [0.2, 0.25) is 0 Å². The number of amides is 1. The number of hydrogen-bond acceptors (Lipinski definition) is 4. The molecule has 3 rings (SSSR count). The second-order valence-corrected chi connectivity index (χ2v) is 5.30. The molecule has 9 heteroatoms. The van der Waals surface area contributed by atoms with Gasteiger partial charge in [0, 0.05) is 6.04 Å². The molecule has 0 unspecified atom stereocenters. The Bertz CT molecular complexity index is 601. The summed E-state index contributed by atoms with van der Waals surface area (Å²) >= 11 is 0. The first-order chi connectivity index (χ1) is 11.3. The molecule has 24 heavy (non-hydrogen) atoms. The van der Waals surface area contributed by atoms with Crippen molar-refractivity contribution in [3.8, 4) is 5.75 Å². The number of nitrogens with one attached hydrogen (secondary N) is 1. The van der Waals surface area contributed by atoms with Gasteiger partial charge in [-0.05, 0) is 38.1 Å². The van der Waals surface area contributed by atoms with E-state index in [2.05, 4.69) is 5.32 Å². The first kappa shape index (κ1) is 18.1. The highest BCUT2D eigenvalue weighted by molar-refractivity contribution is 5.98. The molecule has 0 saturated carbocycles. The van der Waals surface area contributed by atoms with Crippen molar-refractivity contribution in [2.24, 2.45) is 0 Å². The summed E-state index contributed by atoms with van der Waals surface area (Å²) in [7, 11) is 0. The number of carboxylic acids is 1. The minimum atomic E-state index is -5.08. The highest BCUT2D eigenvalue weighted by Crippen LogP contribution is 2.34. The summed E-state index contributed by atoms with van der Waals surface area (Å²) in [5.41, 5.74) is 0.927. The van der Waals surface area contributed by atoms with E-state index in [0.29, 0.717) is 6.04 Å². The fourth-order valence-electron chi connectivity index (χ4n) is 2.59. The Hall–Kier alpha value is -2.29. The molecule has 1 amide bonds. The van der Waals surface area contributed by atoms with E-state index in [4.69, 9.17) is 14.6 Å². The van der Waals surface area contributed by atoms with Crippen LogP contribution in [0, 0.1) is 0 Å². The molecule has 0 radical (unpaired) electrons. The van der Waals surface area contributed by atoms with E-state index in [0.717, 1.165) is 37.4 Å². The lowest BCUT2D eigenvalue weighted by atomic mass is 10.0. The van der Waals surface area contributed by atoms with Gasteiger partial charge in [0.1, 0.15) is 5.75 Å². The summed E-state index contributed by atoms with van der Waals surface area (Å²) in [4.78, 5) is 22.9. The van der Waals surface area contributed by atoms with Crippen LogP contribution in [0.5, 0.6) is 5.75 Å². The Morgan fingerprint density at radius 1 is 1.25 bits per heavy atom. The van der Waals surface area contributed by atoms with E-state index in [1.54, 1.807) is 0 Å². The zero-order valence-electron chi connectivity index (χ0n) is 12.7. The number of fused-ring (bicyclic) bond motifs is 1. The van der Waals surface area contributed by atoms with E-state index in [1.165, 1.54) is 0 Å². The van der Waals surface area contributed by atoms with Gasteiger partial charge in [-0.3, -0.25) is 4.79 Å². The third kappa shape index (κ3) is 4.38. The van der Waals surface area contributed by atoms with E-state index < -0.39 is 12.1 Å². The van der Waals surface area contributed by atoms with E-state index in [-0.39, 0.29) is 12.5 Å². The number of nitrogens with zero attached hydrogens (tertiary/aromatic N) is 1. The molecular weight excluding hydrogens is 329 g/mol.